The summed E-state index contributed by atoms with van der Waals surface area (Å²) >= 11 is 1.40. The van der Waals surface area contributed by atoms with E-state index in [-0.39, 0.29) is 18.3 Å². The van der Waals surface area contributed by atoms with Gasteiger partial charge in [0.25, 0.3) is 5.91 Å². The Labute approximate surface area is 123 Å². The third-order valence-electron chi connectivity index (χ3n) is 2.43. The lowest BCUT2D eigenvalue weighted by molar-refractivity contribution is -0.145. The summed E-state index contributed by atoms with van der Waals surface area (Å²) in [5, 5.41) is 2.57. The number of hydrogen-bond acceptors (Lipinski definition) is 5. The fraction of sp³-hybridized carbons (Fsp3) is 0.429. The lowest BCUT2D eigenvalue weighted by Gasteiger charge is -2.07. The van der Waals surface area contributed by atoms with E-state index >= 15 is 0 Å². The van der Waals surface area contributed by atoms with Crippen molar-refractivity contribution in [1.29, 1.82) is 0 Å². The van der Waals surface area contributed by atoms with E-state index in [4.69, 9.17) is 9.47 Å². The van der Waals surface area contributed by atoms with E-state index in [0.29, 0.717) is 13.2 Å². The Morgan fingerprint density at radius 3 is 2.75 bits per heavy atom. The van der Waals surface area contributed by atoms with Crippen LogP contribution in [0.25, 0.3) is 0 Å². The molecule has 0 atom stereocenters. The summed E-state index contributed by atoms with van der Waals surface area (Å²) < 4.78 is 9.67. The highest BCUT2D eigenvalue weighted by molar-refractivity contribution is 8.00. The van der Waals surface area contributed by atoms with Gasteiger partial charge in [0.05, 0.1) is 12.4 Å². The van der Waals surface area contributed by atoms with Crippen LogP contribution in [0.3, 0.4) is 0 Å². The highest BCUT2D eigenvalue weighted by Gasteiger charge is 2.08. The molecule has 0 saturated heterocycles. The average Bonchev–Trinajstić information content (AvgIpc) is 2.44. The number of amides is 1. The van der Waals surface area contributed by atoms with Crippen molar-refractivity contribution < 1.29 is 19.1 Å². The van der Waals surface area contributed by atoms with E-state index in [1.54, 1.807) is 7.11 Å². The molecule has 1 aromatic carbocycles. The minimum atomic E-state index is -0.403. The zero-order valence-electron chi connectivity index (χ0n) is 11.7. The molecule has 0 aliphatic carbocycles. The van der Waals surface area contributed by atoms with Gasteiger partial charge in [0.15, 0.2) is 6.61 Å². The molecule has 0 aliphatic rings. The van der Waals surface area contributed by atoms with Crippen LogP contribution in [0.4, 0.5) is 0 Å². The number of thioether (sulfide) groups is 1. The van der Waals surface area contributed by atoms with Crippen molar-refractivity contribution in [2.75, 3.05) is 32.6 Å². The Kier molecular flexibility index (Phi) is 7.75. The van der Waals surface area contributed by atoms with Crippen LogP contribution in [0.15, 0.2) is 29.2 Å². The van der Waals surface area contributed by atoms with Crippen LogP contribution in [0.2, 0.25) is 0 Å². The van der Waals surface area contributed by atoms with Crippen LogP contribution in [-0.2, 0) is 19.1 Å². The summed E-state index contributed by atoms with van der Waals surface area (Å²) in [7, 11) is 1.55. The van der Waals surface area contributed by atoms with Gasteiger partial charge in [0.2, 0.25) is 0 Å². The second kappa shape index (κ2) is 9.39. The third kappa shape index (κ3) is 6.58. The summed E-state index contributed by atoms with van der Waals surface area (Å²) in [6, 6.07) is 7.80. The SMILES string of the molecule is COCCNC(=O)COC(=O)CSc1ccccc1C. The maximum atomic E-state index is 11.5. The number of carbonyl (C=O) groups is 2. The number of hydrogen-bond donors (Lipinski definition) is 1. The Bertz CT molecular complexity index is 451. The summed E-state index contributed by atoms with van der Waals surface area (Å²) in [5.41, 5.74) is 1.11. The number of carbonyl (C=O) groups excluding carboxylic acids is 2. The number of benzene rings is 1. The molecule has 0 radical (unpaired) electrons. The van der Waals surface area contributed by atoms with Crippen LogP contribution in [0.5, 0.6) is 0 Å². The molecule has 1 rings (SSSR count). The predicted molar refractivity (Wildman–Crippen MR) is 77.7 cm³/mol. The molecular formula is C14H19NO4S. The van der Waals surface area contributed by atoms with Crippen LogP contribution < -0.4 is 5.32 Å². The molecule has 110 valence electrons. The molecule has 20 heavy (non-hydrogen) atoms. The molecule has 1 amide bonds. The van der Waals surface area contributed by atoms with E-state index in [1.165, 1.54) is 11.8 Å². The molecule has 0 bridgehead atoms. The summed E-state index contributed by atoms with van der Waals surface area (Å²) in [6.45, 7) is 2.57. The third-order valence-corrected chi connectivity index (χ3v) is 3.58. The zero-order valence-corrected chi connectivity index (χ0v) is 12.5. The maximum Gasteiger partial charge on any atom is 0.316 e. The largest absolute Gasteiger partial charge is 0.455 e. The van der Waals surface area contributed by atoms with Gasteiger partial charge < -0.3 is 14.8 Å². The Morgan fingerprint density at radius 1 is 1.30 bits per heavy atom. The molecular weight excluding hydrogens is 278 g/mol. The summed E-state index contributed by atoms with van der Waals surface area (Å²) in [5.74, 6) is -0.535. The van der Waals surface area contributed by atoms with Gasteiger partial charge in [-0.25, -0.2) is 0 Å². The van der Waals surface area contributed by atoms with Crippen molar-refractivity contribution in [2.45, 2.75) is 11.8 Å². The van der Waals surface area contributed by atoms with Gasteiger partial charge in [-0.15, -0.1) is 11.8 Å². The minimum Gasteiger partial charge on any atom is -0.455 e. The van der Waals surface area contributed by atoms with Crippen LogP contribution >= 0.6 is 11.8 Å². The second-order valence-corrected chi connectivity index (χ2v) is 5.07. The molecule has 0 spiro atoms. The smallest absolute Gasteiger partial charge is 0.316 e. The number of ether oxygens (including phenoxy) is 2. The van der Waals surface area contributed by atoms with Gasteiger partial charge in [-0.3, -0.25) is 9.59 Å². The minimum absolute atomic E-state index is 0.191. The molecule has 5 nitrogen and oxygen atoms in total. The van der Waals surface area contributed by atoms with Crippen molar-refractivity contribution in [1.82, 2.24) is 5.32 Å². The molecule has 6 heteroatoms. The Hall–Kier alpha value is -1.53. The van der Waals surface area contributed by atoms with E-state index in [1.807, 2.05) is 31.2 Å². The van der Waals surface area contributed by atoms with Gasteiger partial charge in [-0.2, -0.15) is 0 Å². The van der Waals surface area contributed by atoms with Gasteiger partial charge >= 0.3 is 5.97 Å². The molecule has 1 N–H and O–H groups in total. The number of esters is 1. The zero-order chi connectivity index (χ0) is 14.8. The van der Waals surface area contributed by atoms with Crippen molar-refractivity contribution in [3.05, 3.63) is 29.8 Å². The number of nitrogens with one attached hydrogen (secondary N) is 1. The second-order valence-electron chi connectivity index (χ2n) is 4.06. The highest BCUT2D eigenvalue weighted by atomic mass is 32.2. The first kappa shape index (κ1) is 16.5. The maximum absolute atomic E-state index is 11.5. The van der Waals surface area contributed by atoms with Gasteiger partial charge in [-0.1, -0.05) is 18.2 Å². The monoisotopic (exact) mass is 297 g/mol. The fourth-order valence-electron chi connectivity index (χ4n) is 1.39. The molecule has 0 fully saturated rings. The molecule has 0 aromatic heterocycles. The van der Waals surface area contributed by atoms with Crippen molar-refractivity contribution >= 4 is 23.6 Å². The first-order valence-electron chi connectivity index (χ1n) is 6.23. The molecule has 1 aromatic rings. The predicted octanol–water partition coefficient (Wildman–Crippen LogP) is 1.39. The Balaban J connectivity index is 2.21. The van der Waals surface area contributed by atoms with Crippen LogP contribution in [0.1, 0.15) is 5.56 Å². The van der Waals surface area contributed by atoms with Gasteiger partial charge in [0.1, 0.15) is 0 Å². The van der Waals surface area contributed by atoms with Crippen LogP contribution in [-0.4, -0.2) is 44.5 Å². The summed E-state index contributed by atoms with van der Waals surface area (Å²) in [4.78, 5) is 23.9. The van der Waals surface area contributed by atoms with Crippen molar-refractivity contribution in [2.24, 2.45) is 0 Å². The van der Waals surface area contributed by atoms with E-state index in [9.17, 15) is 9.59 Å². The fourth-order valence-corrected chi connectivity index (χ4v) is 2.21. The lowest BCUT2D eigenvalue weighted by atomic mass is 10.2. The van der Waals surface area contributed by atoms with E-state index in [2.05, 4.69) is 5.32 Å². The van der Waals surface area contributed by atoms with Crippen molar-refractivity contribution in [3.63, 3.8) is 0 Å². The number of methoxy groups -OCH3 is 1. The molecule has 0 saturated carbocycles. The van der Waals surface area contributed by atoms with Crippen molar-refractivity contribution in [3.8, 4) is 0 Å². The topological polar surface area (TPSA) is 64.6 Å². The lowest BCUT2D eigenvalue weighted by Crippen LogP contribution is -2.31. The van der Waals surface area contributed by atoms with Gasteiger partial charge in [-0.05, 0) is 18.6 Å². The number of rotatable bonds is 8. The summed E-state index contributed by atoms with van der Waals surface area (Å²) in [6.07, 6.45) is 0. The van der Waals surface area contributed by atoms with E-state index < -0.39 is 5.97 Å². The van der Waals surface area contributed by atoms with Crippen LogP contribution in [0, 0.1) is 6.92 Å². The normalized spacial score (nSPS) is 10.1. The molecule has 0 heterocycles. The Morgan fingerprint density at radius 2 is 2.05 bits per heavy atom. The highest BCUT2D eigenvalue weighted by Crippen LogP contribution is 2.21. The molecule has 0 unspecified atom stereocenters. The first-order chi connectivity index (χ1) is 9.63. The molecule has 0 aliphatic heterocycles. The quantitative estimate of drug-likeness (QED) is 0.446. The first-order valence-corrected chi connectivity index (χ1v) is 7.21. The number of aryl methyl sites for hydroxylation is 1. The standard InChI is InChI=1S/C14H19NO4S/c1-11-5-3-4-6-12(11)20-10-14(17)19-9-13(16)15-7-8-18-2/h3-6H,7-10H2,1-2H3,(H,15,16). The van der Waals surface area contributed by atoms with Gasteiger partial charge in [0, 0.05) is 18.6 Å². The average molecular weight is 297 g/mol. The van der Waals surface area contributed by atoms with E-state index in [0.717, 1.165) is 10.5 Å².